The Kier molecular flexibility index (Phi) is 36.7. The molecule has 1 amide bonds. The van der Waals surface area contributed by atoms with E-state index in [1.165, 1.54) is 44.9 Å². The first-order valence-electron chi connectivity index (χ1n) is 20.3. The number of allylic oxidation sites excluding steroid dienone is 10. The number of esters is 1. The van der Waals surface area contributed by atoms with Gasteiger partial charge in [0.05, 0.1) is 13.2 Å². The van der Waals surface area contributed by atoms with Gasteiger partial charge in [0.15, 0.2) is 0 Å². The number of ether oxygens (including phenoxy) is 1. The Morgan fingerprint density at radius 1 is 0.615 bits per heavy atom. The number of phosphoric ester groups is 1. The maximum atomic E-state index is 12.0. The molecule has 0 saturated carbocycles. The van der Waals surface area contributed by atoms with Crippen LogP contribution in [0.3, 0.4) is 0 Å². The number of carbonyl (C=O) groups is 2. The Bertz CT molecular complexity index is 1040. The number of hydrogen-bond acceptors (Lipinski definition) is 7. The van der Waals surface area contributed by atoms with E-state index in [0.29, 0.717) is 12.8 Å². The summed E-state index contributed by atoms with van der Waals surface area (Å²) in [5, 5.41) is 12.7. The highest BCUT2D eigenvalue weighted by Gasteiger charge is 2.23. The van der Waals surface area contributed by atoms with E-state index < -0.39 is 26.5 Å². The maximum Gasteiger partial charge on any atom is 0.472 e. The van der Waals surface area contributed by atoms with Crippen molar-refractivity contribution >= 4 is 19.7 Å². The van der Waals surface area contributed by atoms with Gasteiger partial charge in [0, 0.05) is 19.4 Å². The van der Waals surface area contributed by atoms with Crippen molar-refractivity contribution in [2.45, 2.75) is 168 Å². The number of aliphatic hydroxyl groups excluding tert-OH is 1. The highest BCUT2D eigenvalue weighted by atomic mass is 31.2. The first-order valence-corrected chi connectivity index (χ1v) is 21.8. The molecule has 0 aliphatic carbocycles. The van der Waals surface area contributed by atoms with Crippen LogP contribution >= 0.6 is 7.82 Å². The predicted molar refractivity (Wildman–Crippen MR) is 215 cm³/mol. The molecule has 2 atom stereocenters. The van der Waals surface area contributed by atoms with Crippen LogP contribution in [0.15, 0.2) is 60.8 Å². The second-order valence-electron chi connectivity index (χ2n) is 13.2. The summed E-state index contributed by atoms with van der Waals surface area (Å²) in [6.07, 6.45) is 44.4. The smallest absolute Gasteiger partial charge is 0.463 e. The lowest BCUT2D eigenvalue weighted by Crippen LogP contribution is -2.27. The monoisotopic (exact) mass is 752 g/mol. The Balaban J connectivity index is 3.67. The van der Waals surface area contributed by atoms with Crippen molar-refractivity contribution in [2.75, 3.05) is 26.4 Å². The predicted octanol–water partition coefficient (Wildman–Crippen LogP) is 10.9. The van der Waals surface area contributed by atoms with Gasteiger partial charge in [-0.25, -0.2) is 4.57 Å². The van der Waals surface area contributed by atoms with Crippen molar-refractivity contribution in [3.63, 3.8) is 0 Å². The van der Waals surface area contributed by atoms with Crippen LogP contribution in [0.5, 0.6) is 0 Å². The summed E-state index contributed by atoms with van der Waals surface area (Å²) in [4.78, 5) is 33.8. The minimum atomic E-state index is -4.42. The summed E-state index contributed by atoms with van der Waals surface area (Å²) in [7, 11) is -4.42. The van der Waals surface area contributed by atoms with Gasteiger partial charge in [0.2, 0.25) is 5.91 Å². The lowest BCUT2D eigenvalue weighted by atomic mass is 10.1. The van der Waals surface area contributed by atoms with E-state index in [9.17, 15) is 24.2 Å². The zero-order chi connectivity index (χ0) is 38.2. The molecule has 10 heteroatoms. The second-order valence-corrected chi connectivity index (χ2v) is 14.7. The van der Waals surface area contributed by atoms with Gasteiger partial charge >= 0.3 is 13.8 Å². The minimum absolute atomic E-state index is 0.0783. The summed E-state index contributed by atoms with van der Waals surface area (Å²) in [6.45, 7) is 3.39. The number of hydrogen-bond donors (Lipinski definition) is 3. The average Bonchev–Trinajstić information content (AvgIpc) is 3.13. The highest BCUT2D eigenvalue weighted by molar-refractivity contribution is 7.47. The molecule has 0 aromatic carbocycles. The lowest BCUT2D eigenvalue weighted by molar-refractivity contribution is -0.147. The standard InChI is InChI=1S/C42H74NO8P/c1-3-5-7-9-11-13-15-16-17-18-19-20-21-22-23-24-25-27-29-31-33-35-42(46)49-38-40(44)39-51-52(47,48)50-37-36-43-41(45)34-32-30-28-26-14-12-10-8-6-4-2/h5,7,11,13,16-17,19-20,22-23,40,44H,3-4,6,8-10,12,14-15,18,21,24-39H2,1-2H3,(H,43,45)(H,47,48)/b7-5-,13-11-,17-16-,20-19-,23-22-. The summed E-state index contributed by atoms with van der Waals surface area (Å²) >= 11 is 0. The number of amides is 1. The zero-order valence-corrected chi connectivity index (χ0v) is 33.6. The van der Waals surface area contributed by atoms with Gasteiger partial charge < -0.3 is 20.1 Å². The molecule has 3 N–H and O–H groups in total. The van der Waals surface area contributed by atoms with Gasteiger partial charge in [-0.15, -0.1) is 0 Å². The molecule has 0 aliphatic rings. The van der Waals surface area contributed by atoms with Crippen LogP contribution in [-0.2, 0) is 27.9 Å². The van der Waals surface area contributed by atoms with Crippen molar-refractivity contribution in [1.29, 1.82) is 0 Å². The summed E-state index contributed by atoms with van der Waals surface area (Å²) in [6, 6.07) is 0. The summed E-state index contributed by atoms with van der Waals surface area (Å²) in [5.41, 5.74) is 0. The number of nitrogens with one attached hydrogen (secondary N) is 1. The molecule has 0 bridgehead atoms. The SMILES string of the molecule is CC/C=C\C/C=C\C/C=C\C/C=C\C/C=C\CCCCCCCC(=O)OCC(O)COP(=O)(O)OCCNC(=O)CCCCCCCCCCCC. The first kappa shape index (κ1) is 49.7. The van der Waals surface area contributed by atoms with Crippen LogP contribution in [0.2, 0.25) is 0 Å². The minimum Gasteiger partial charge on any atom is -0.463 e. The third-order valence-electron chi connectivity index (χ3n) is 8.21. The molecule has 0 aromatic heterocycles. The van der Waals surface area contributed by atoms with E-state index in [1.807, 2.05) is 0 Å². The van der Waals surface area contributed by atoms with E-state index in [-0.39, 0.29) is 32.1 Å². The molecule has 52 heavy (non-hydrogen) atoms. The van der Waals surface area contributed by atoms with Gasteiger partial charge in [-0.1, -0.05) is 152 Å². The number of phosphoric acid groups is 1. The Morgan fingerprint density at radius 2 is 1.10 bits per heavy atom. The normalized spacial score (nSPS) is 14.0. The fourth-order valence-corrected chi connectivity index (χ4v) is 5.93. The topological polar surface area (TPSA) is 131 Å². The number of carbonyl (C=O) groups excluding carboxylic acids is 2. The molecule has 0 rings (SSSR count). The third-order valence-corrected chi connectivity index (χ3v) is 9.20. The summed E-state index contributed by atoms with van der Waals surface area (Å²) in [5.74, 6) is -0.541. The molecule has 0 saturated heterocycles. The largest absolute Gasteiger partial charge is 0.472 e. The molecule has 0 aliphatic heterocycles. The zero-order valence-electron chi connectivity index (χ0n) is 32.7. The van der Waals surface area contributed by atoms with E-state index in [1.54, 1.807) is 0 Å². The fraction of sp³-hybridized carbons (Fsp3) is 0.714. The van der Waals surface area contributed by atoms with Crippen LogP contribution in [-0.4, -0.2) is 54.3 Å². The number of unbranched alkanes of at least 4 members (excludes halogenated alkanes) is 14. The van der Waals surface area contributed by atoms with Gasteiger partial charge in [0.1, 0.15) is 12.7 Å². The Hall–Kier alpha value is -2.29. The van der Waals surface area contributed by atoms with E-state index in [0.717, 1.165) is 83.5 Å². The van der Waals surface area contributed by atoms with Gasteiger partial charge in [-0.05, 0) is 57.8 Å². The number of aliphatic hydroxyl groups is 1. The molecule has 9 nitrogen and oxygen atoms in total. The molecular weight excluding hydrogens is 677 g/mol. The Labute approximate surface area is 317 Å². The molecule has 0 heterocycles. The third kappa shape index (κ3) is 38.9. The quantitative estimate of drug-likeness (QED) is 0.0247. The molecule has 0 radical (unpaired) electrons. The van der Waals surface area contributed by atoms with E-state index >= 15 is 0 Å². The van der Waals surface area contributed by atoms with E-state index in [2.05, 4.69) is 79.9 Å². The van der Waals surface area contributed by atoms with Gasteiger partial charge in [-0.2, -0.15) is 0 Å². The molecule has 0 spiro atoms. The Morgan fingerprint density at radius 3 is 1.65 bits per heavy atom. The molecule has 0 aromatic rings. The van der Waals surface area contributed by atoms with Crippen LogP contribution in [0.25, 0.3) is 0 Å². The van der Waals surface area contributed by atoms with Crippen molar-refractivity contribution in [2.24, 2.45) is 0 Å². The van der Waals surface area contributed by atoms with Crippen molar-refractivity contribution in [3.05, 3.63) is 60.8 Å². The second kappa shape index (κ2) is 38.4. The lowest BCUT2D eigenvalue weighted by Gasteiger charge is -2.15. The molecule has 0 fully saturated rings. The van der Waals surface area contributed by atoms with Crippen molar-refractivity contribution in [3.8, 4) is 0 Å². The van der Waals surface area contributed by atoms with Gasteiger partial charge in [-0.3, -0.25) is 18.6 Å². The van der Waals surface area contributed by atoms with Crippen molar-refractivity contribution < 1.29 is 37.9 Å². The summed E-state index contributed by atoms with van der Waals surface area (Å²) < 4.78 is 26.8. The average molecular weight is 752 g/mol. The first-order chi connectivity index (χ1) is 25.3. The molecule has 2 unspecified atom stereocenters. The number of rotatable bonds is 37. The van der Waals surface area contributed by atoms with Crippen molar-refractivity contribution in [1.82, 2.24) is 5.32 Å². The fourth-order valence-electron chi connectivity index (χ4n) is 5.17. The highest BCUT2D eigenvalue weighted by Crippen LogP contribution is 2.42. The molecule has 300 valence electrons. The van der Waals surface area contributed by atoms with Crippen LogP contribution in [0, 0.1) is 0 Å². The van der Waals surface area contributed by atoms with Crippen LogP contribution in [0.4, 0.5) is 0 Å². The van der Waals surface area contributed by atoms with Crippen LogP contribution in [0.1, 0.15) is 162 Å². The van der Waals surface area contributed by atoms with Crippen LogP contribution < -0.4 is 5.32 Å². The molecular formula is C42H74NO8P. The maximum absolute atomic E-state index is 12.0. The van der Waals surface area contributed by atoms with Gasteiger partial charge in [0.25, 0.3) is 0 Å². The van der Waals surface area contributed by atoms with E-state index in [4.69, 9.17) is 13.8 Å².